The number of halogens is 2. The lowest BCUT2D eigenvalue weighted by atomic mass is 10.2. The molecule has 3 aromatic rings. The topological polar surface area (TPSA) is 59.8 Å². The van der Waals surface area contributed by atoms with Crippen LogP contribution in [-0.2, 0) is 4.79 Å². The van der Waals surface area contributed by atoms with Crippen molar-refractivity contribution in [3.8, 4) is 5.69 Å². The number of hydrogen-bond acceptors (Lipinski definition) is 4. The number of amides is 1. The van der Waals surface area contributed by atoms with Crippen LogP contribution < -0.4 is 5.32 Å². The number of rotatable bonds is 4. The van der Waals surface area contributed by atoms with Crippen LogP contribution in [0.2, 0.25) is 5.15 Å². The molecule has 0 aliphatic heterocycles. The van der Waals surface area contributed by atoms with E-state index in [0.29, 0.717) is 27.2 Å². The lowest BCUT2D eigenvalue weighted by molar-refractivity contribution is -0.111. The predicted molar refractivity (Wildman–Crippen MR) is 97.8 cm³/mol. The summed E-state index contributed by atoms with van der Waals surface area (Å²) in [7, 11) is 0. The molecular formula is C17H14ClFN4OS. The summed E-state index contributed by atoms with van der Waals surface area (Å²) in [5, 5.41) is 7.92. The summed E-state index contributed by atoms with van der Waals surface area (Å²) in [6.07, 6.45) is 4.67. The van der Waals surface area contributed by atoms with Gasteiger partial charge in [-0.1, -0.05) is 11.6 Å². The first-order valence-electron chi connectivity index (χ1n) is 7.36. The van der Waals surface area contributed by atoms with Gasteiger partial charge in [0.05, 0.1) is 11.4 Å². The normalized spacial score (nSPS) is 11.2. The number of hydrogen-bond donors (Lipinski definition) is 1. The molecule has 25 heavy (non-hydrogen) atoms. The largest absolute Gasteiger partial charge is 0.298 e. The quantitative estimate of drug-likeness (QED) is 0.687. The van der Waals surface area contributed by atoms with Gasteiger partial charge in [-0.05, 0) is 44.2 Å². The smallest absolute Gasteiger partial charge is 0.250 e. The van der Waals surface area contributed by atoms with Gasteiger partial charge >= 0.3 is 0 Å². The summed E-state index contributed by atoms with van der Waals surface area (Å²) >= 11 is 7.76. The maximum Gasteiger partial charge on any atom is 0.250 e. The zero-order valence-corrected chi connectivity index (χ0v) is 15.0. The molecule has 8 heteroatoms. The van der Waals surface area contributed by atoms with Gasteiger partial charge < -0.3 is 0 Å². The summed E-state index contributed by atoms with van der Waals surface area (Å²) in [4.78, 5) is 17.1. The van der Waals surface area contributed by atoms with Crippen molar-refractivity contribution in [2.24, 2.45) is 0 Å². The molecule has 5 nitrogen and oxygen atoms in total. The molecule has 128 valence electrons. The van der Waals surface area contributed by atoms with E-state index in [1.54, 1.807) is 31.3 Å². The molecule has 2 aromatic heterocycles. The van der Waals surface area contributed by atoms with Gasteiger partial charge in [0.2, 0.25) is 5.91 Å². The zero-order chi connectivity index (χ0) is 18.0. The number of nitrogens with one attached hydrogen (secondary N) is 1. The lowest BCUT2D eigenvalue weighted by Crippen LogP contribution is -2.07. The molecule has 2 heterocycles. The van der Waals surface area contributed by atoms with Gasteiger partial charge in [0.25, 0.3) is 0 Å². The molecule has 0 atom stereocenters. The van der Waals surface area contributed by atoms with Crippen LogP contribution in [0.4, 0.5) is 9.52 Å². The summed E-state index contributed by atoms with van der Waals surface area (Å²) < 4.78 is 14.6. The maximum atomic E-state index is 13.1. The fourth-order valence-electron chi connectivity index (χ4n) is 2.17. The van der Waals surface area contributed by atoms with E-state index in [1.807, 2.05) is 6.92 Å². The number of anilines is 1. The summed E-state index contributed by atoms with van der Waals surface area (Å²) in [5.74, 6) is -0.641. The first-order valence-corrected chi connectivity index (χ1v) is 8.56. The third kappa shape index (κ3) is 3.94. The van der Waals surface area contributed by atoms with Gasteiger partial charge in [-0.2, -0.15) is 5.10 Å². The number of aryl methyl sites for hydroxylation is 2. The predicted octanol–water partition coefficient (Wildman–Crippen LogP) is 4.39. The van der Waals surface area contributed by atoms with Crippen molar-refractivity contribution in [3.63, 3.8) is 0 Å². The van der Waals surface area contributed by atoms with Gasteiger partial charge in [-0.25, -0.2) is 14.1 Å². The first kappa shape index (κ1) is 17.3. The van der Waals surface area contributed by atoms with E-state index in [0.717, 1.165) is 4.88 Å². The number of carbonyl (C=O) groups excluding carboxylic acids is 1. The molecule has 0 aliphatic carbocycles. The fraction of sp³-hybridized carbons (Fsp3) is 0.118. The van der Waals surface area contributed by atoms with Crippen LogP contribution in [0, 0.1) is 19.7 Å². The average Bonchev–Trinajstić information content (AvgIpc) is 3.10. The monoisotopic (exact) mass is 376 g/mol. The van der Waals surface area contributed by atoms with Crippen LogP contribution in [-0.4, -0.2) is 20.7 Å². The minimum atomic E-state index is -0.335. The molecule has 3 rings (SSSR count). The van der Waals surface area contributed by atoms with E-state index in [4.69, 9.17) is 11.6 Å². The van der Waals surface area contributed by atoms with Crippen molar-refractivity contribution in [2.45, 2.75) is 13.8 Å². The lowest BCUT2D eigenvalue weighted by Gasteiger charge is -2.02. The Morgan fingerprint density at radius 2 is 2.04 bits per heavy atom. The highest BCUT2D eigenvalue weighted by Crippen LogP contribution is 2.25. The third-order valence-corrected chi connectivity index (χ3v) is 4.56. The Kier molecular flexibility index (Phi) is 4.96. The average molecular weight is 377 g/mol. The van der Waals surface area contributed by atoms with Crippen LogP contribution in [0.5, 0.6) is 0 Å². The highest BCUT2D eigenvalue weighted by atomic mass is 35.5. The second kappa shape index (κ2) is 7.16. The van der Waals surface area contributed by atoms with Crippen LogP contribution in [0.25, 0.3) is 11.8 Å². The van der Waals surface area contributed by atoms with Crippen molar-refractivity contribution in [2.75, 3.05) is 5.32 Å². The number of benzene rings is 1. The number of carbonyl (C=O) groups is 1. The minimum Gasteiger partial charge on any atom is -0.298 e. The SMILES string of the molecule is Cc1cnc(NC(=O)/C=C/c2c(C)nn(-c3ccc(F)cc3)c2Cl)s1. The summed E-state index contributed by atoms with van der Waals surface area (Å²) in [5.41, 5.74) is 1.91. The van der Waals surface area contributed by atoms with E-state index in [9.17, 15) is 9.18 Å². The summed E-state index contributed by atoms with van der Waals surface area (Å²) in [6, 6.07) is 5.83. The zero-order valence-electron chi connectivity index (χ0n) is 13.5. The van der Waals surface area contributed by atoms with Crippen molar-refractivity contribution >= 4 is 40.1 Å². The van der Waals surface area contributed by atoms with Gasteiger partial charge in [-0.15, -0.1) is 11.3 Å². The molecule has 0 fully saturated rings. The minimum absolute atomic E-state index is 0.306. The Morgan fingerprint density at radius 3 is 2.68 bits per heavy atom. The molecule has 0 saturated heterocycles. The molecule has 1 amide bonds. The molecule has 0 aliphatic rings. The van der Waals surface area contributed by atoms with Crippen molar-refractivity contribution in [1.29, 1.82) is 0 Å². The second-order valence-corrected chi connectivity index (χ2v) is 6.87. The maximum absolute atomic E-state index is 13.1. The van der Waals surface area contributed by atoms with Crippen molar-refractivity contribution in [1.82, 2.24) is 14.8 Å². The Bertz CT molecular complexity index is 946. The highest BCUT2D eigenvalue weighted by Gasteiger charge is 2.13. The highest BCUT2D eigenvalue weighted by molar-refractivity contribution is 7.15. The van der Waals surface area contributed by atoms with Crippen molar-refractivity contribution in [3.05, 3.63) is 63.6 Å². The van der Waals surface area contributed by atoms with E-state index in [1.165, 1.54) is 34.2 Å². The second-order valence-electron chi connectivity index (χ2n) is 5.28. The number of thiazole rings is 1. The van der Waals surface area contributed by atoms with Crippen LogP contribution >= 0.6 is 22.9 Å². The van der Waals surface area contributed by atoms with E-state index < -0.39 is 0 Å². The molecular weight excluding hydrogens is 363 g/mol. The molecule has 0 spiro atoms. The third-order valence-electron chi connectivity index (χ3n) is 3.37. The Hall–Kier alpha value is -2.51. The molecule has 0 bridgehead atoms. The van der Waals surface area contributed by atoms with Gasteiger partial charge in [-0.3, -0.25) is 10.1 Å². The Labute approximate surface area is 152 Å². The fourth-order valence-corrected chi connectivity index (χ4v) is 3.18. The Morgan fingerprint density at radius 1 is 1.32 bits per heavy atom. The first-order chi connectivity index (χ1) is 11.9. The molecule has 0 unspecified atom stereocenters. The summed E-state index contributed by atoms with van der Waals surface area (Å²) in [6.45, 7) is 3.70. The van der Waals surface area contributed by atoms with E-state index in [2.05, 4.69) is 15.4 Å². The van der Waals surface area contributed by atoms with Gasteiger partial charge in [0.15, 0.2) is 5.13 Å². The standard InChI is InChI=1S/C17H14ClFN4OS/c1-10-9-20-17(25-10)21-15(24)8-7-14-11(2)22-23(16(14)18)13-5-3-12(19)4-6-13/h3-9H,1-2H3,(H,20,21,24)/b8-7+. The Balaban J connectivity index is 1.80. The van der Waals surface area contributed by atoms with Crippen molar-refractivity contribution < 1.29 is 9.18 Å². The molecule has 1 N–H and O–H groups in total. The molecule has 1 aromatic carbocycles. The van der Waals surface area contributed by atoms with Gasteiger partial charge in [0, 0.05) is 22.7 Å². The van der Waals surface area contributed by atoms with Crippen LogP contribution in [0.15, 0.2) is 36.5 Å². The van der Waals surface area contributed by atoms with Crippen LogP contribution in [0.1, 0.15) is 16.1 Å². The van der Waals surface area contributed by atoms with Gasteiger partial charge in [0.1, 0.15) is 11.0 Å². The molecule has 0 saturated carbocycles. The number of aromatic nitrogens is 3. The van der Waals surface area contributed by atoms with E-state index >= 15 is 0 Å². The van der Waals surface area contributed by atoms with Crippen LogP contribution in [0.3, 0.4) is 0 Å². The molecule has 0 radical (unpaired) electrons. The van der Waals surface area contributed by atoms with E-state index in [-0.39, 0.29) is 11.7 Å². The number of nitrogens with zero attached hydrogens (tertiary/aromatic N) is 3.